The van der Waals surface area contributed by atoms with Crippen LogP contribution in [-0.4, -0.2) is 23.2 Å². The van der Waals surface area contributed by atoms with E-state index >= 15 is 0 Å². The Balaban J connectivity index is 2.08. The normalized spacial score (nSPS) is 21.9. The Kier molecular flexibility index (Phi) is 5.07. The maximum absolute atomic E-state index is 10.7. The van der Waals surface area contributed by atoms with Crippen molar-refractivity contribution in [3.63, 3.8) is 0 Å². The zero-order valence-electron chi connectivity index (χ0n) is 10.8. The first-order valence-corrected chi connectivity index (χ1v) is 7.26. The van der Waals surface area contributed by atoms with Gasteiger partial charge in [0, 0.05) is 25.3 Å². The predicted octanol–water partition coefficient (Wildman–Crippen LogP) is 3.72. The summed E-state index contributed by atoms with van der Waals surface area (Å²) in [5, 5.41) is 23.6. The van der Waals surface area contributed by atoms with Crippen molar-refractivity contribution < 1.29 is 10.0 Å². The van der Waals surface area contributed by atoms with E-state index in [1.54, 1.807) is 0 Å². The molecule has 0 aromatic heterocycles. The summed E-state index contributed by atoms with van der Waals surface area (Å²) in [5.41, 5.74) is 0.391. The number of nitrogens with one attached hydrogen (secondary N) is 1. The van der Waals surface area contributed by atoms with Crippen LogP contribution in [-0.2, 0) is 0 Å². The first-order valence-electron chi connectivity index (χ1n) is 6.51. The van der Waals surface area contributed by atoms with Gasteiger partial charge in [0.05, 0.1) is 20.7 Å². The zero-order valence-corrected chi connectivity index (χ0v) is 12.3. The number of nitrogens with zero attached hydrogens (tertiary/aromatic N) is 1. The summed E-state index contributed by atoms with van der Waals surface area (Å²) < 4.78 is 0. The van der Waals surface area contributed by atoms with Crippen LogP contribution in [0.1, 0.15) is 19.3 Å². The molecule has 0 saturated heterocycles. The molecule has 0 heterocycles. The van der Waals surface area contributed by atoms with Crippen LogP contribution < -0.4 is 5.32 Å². The van der Waals surface area contributed by atoms with Gasteiger partial charge >= 0.3 is 0 Å². The Hall–Kier alpha value is -1.04. The van der Waals surface area contributed by atoms with Crippen molar-refractivity contribution in [1.29, 1.82) is 0 Å². The van der Waals surface area contributed by atoms with E-state index in [1.165, 1.54) is 12.1 Å². The summed E-state index contributed by atoms with van der Waals surface area (Å²) in [6.45, 7) is 0.844. The van der Waals surface area contributed by atoms with Crippen LogP contribution in [0, 0.1) is 22.0 Å². The fourth-order valence-electron chi connectivity index (χ4n) is 2.69. The van der Waals surface area contributed by atoms with E-state index in [9.17, 15) is 15.2 Å². The molecule has 20 heavy (non-hydrogen) atoms. The fraction of sp³-hybridized carbons (Fsp3) is 0.538. The lowest BCUT2D eigenvalue weighted by Gasteiger charge is -2.19. The minimum absolute atomic E-state index is 0.125. The van der Waals surface area contributed by atoms with Gasteiger partial charge < -0.3 is 10.4 Å². The molecule has 0 bridgehead atoms. The Labute approximate surface area is 127 Å². The summed E-state index contributed by atoms with van der Waals surface area (Å²) in [6.07, 6.45) is 3.20. The van der Waals surface area contributed by atoms with Crippen LogP contribution in [0.2, 0.25) is 10.0 Å². The summed E-state index contributed by atoms with van der Waals surface area (Å²) in [4.78, 5) is 10.2. The van der Waals surface area contributed by atoms with Gasteiger partial charge in [-0.3, -0.25) is 10.1 Å². The van der Waals surface area contributed by atoms with Crippen molar-refractivity contribution in [3.05, 3.63) is 32.3 Å². The first kappa shape index (κ1) is 15.4. The molecule has 2 unspecified atom stereocenters. The first-order chi connectivity index (χ1) is 9.52. The summed E-state index contributed by atoms with van der Waals surface area (Å²) in [6, 6.07) is 2.57. The highest BCUT2D eigenvalue weighted by atomic mass is 35.5. The summed E-state index contributed by atoms with van der Waals surface area (Å²) >= 11 is 12.1. The molecule has 0 radical (unpaired) electrons. The molecule has 1 aromatic carbocycles. The number of benzene rings is 1. The maximum atomic E-state index is 10.7. The molecule has 2 rings (SSSR count). The molecule has 1 saturated carbocycles. The Bertz CT molecular complexity index is 487. The quantitative estimate of drug-likeness (QED) is 0.640. The molecule has 1 aliphatic rings. The Morgan fingerprint density at radius 1 is 1.30 bits per heavy atom. The van der Waals surface area contributed by atoms with E-state index in [0.717, 1.165) is 19.3 Å². The van der Waals surface area contributed by atoms with E-state index in [-0.39, 0.29) is 22.3 Å². The van der Waals surface area contributed by atoms with Crippen LogP contribution in [0.25, 0.3) is 0 Å². The molecule has 0 amide bonds. The SMILES string of the molecule is O=[N+]([O-])c1cc(Cl)c(NCC2CCCC2CO)c(Cl)c1. The lowest BCUT2D eigenvalue weighted by molar-refractivity contribution is -0.384. The summed E-state index contributed by atoms with van der Waals surface area (Å²) in [7, 11) is 0. The van der Waals surface area contributed by atoms with E-state index < -0.39 is 4.92 Å². The largest absolute Gasteiger partial charge is 0.396 e. The lowest BCUT2D eigenvalue weighted by Crippen LogP contribution is -2.21. The Morgan fingerprint density at radius 3 is 2.45 bits per heavy atom. The highest BCUT2D eigenvalue weighted by Crippen LogP contribution is 2.36. The van der Waals surface area contributed by atoms with Crippen LogP contribution in [0.15, 0.2) is 12.1 Å². The third kappa shape index (κ3) is 3.34. The molecular formula is C13H16Cl2N2O3. The number of nitro benzene ring substituents is 1. The fourth-order valence-corrected chi connectivity index (χ4v) is 3.30. The van der Waals surface area contributed by atoms with E-state index in [1.807, 2.05) is 0 Å². The maximum Gasteiger partial charge on any atom is 0.272 e. The van der Waals surface area contributed by atoms with Crippen LogP contribution >= 0.6 is 23.2 Å². The minimum Gasteiger partial charge on any atom is -0.396 e. The molecule has 7 heteroatoms. The monoisotopic (exact) mass is 318 g/mol. The van der Waals surface area contributed by atoms with Gasteiger partial charge in [-0.05, 0) is 24.7 Å². The standard InChI is InChI=1S/C13H16Cl2N2O3/c14-11-4-10(17(19)20)5-12(15)13(11)16-6-8-2-1-3-9(8)7-18/h4-5,8-9,16,18H,1-3,6-7H2. The van der Waals surface area contributed by atoms with Crippen molar-refractivity contribution >= 4 is 34.6 Å². The van der Waals surface area contributed by atoms with Crippen LogP contribution in [0.4, 0.5) is 11.4 Å². The van der Waals surface area contributed by atoms with Crippen molar-refractivity contribution in [2.45, 2.75) is 19.3 Å². The second kappa shape index (κ2) is 6.61. The van der Waals surface area contributed by atoms with Gasteiger partial charge in [0.2, 0.25) is 0 Å². The number of hydrogen-bond donors (Lipinski definition) is 2. The third-order valence-corrected chi connectivity index (χ3v) is 4.43. The smallest absolute Gasteiger partial charge is 0.272 e. The molecule has 110 valence electrons. The number of nitro groups is 1. The lowest BCUT2D eigenvalue weighted by atomic mass is 9.97. The number of rotatable bonds is 5. The van der Waals surface area contributed by atoms with Crippen LogP contribution in [0.5, 0.6) is 0 Å². The van der Waals surface area contributed by atoms with Crippen molar-refractivity contribution in [3.8, 4) is 0 Å². The molecule has 1 aromatic rings. The predicted molar refractivity (Wildman–Crippen MR) is 79.5 cm³/mol. The molecule has 1 aliphatic carbocycles. The molecule has 2 atom stereocenters. The molecule has 0 aliphatic heterocycles. The van der Waals surface area contributed by atoms with Gasteiger partial charge in [-0.15, -0.1) is 0 Å². The number of anilines is 1. The van der Waals surface area contributed by atoms with Crippen molar-refractivity contribution in [1.82, 2.24) is 0 Å². The van der Waals surface area contributed by atoms with Gasteiger partial charge in [0.25, 0.3) is 5.69 Å². The number of halogens is 2. The van der Waals surface area contributed by atoms with Crippen molar-refractivity contribution in [2.75, 3.05) is 18.5 Å². The molecular weight excluding hydrogens is 303 g/mol. The molecule has 0 spiro atoms. The van der Waals surface area contributed by atoms with E-state index in [0.29, 0.717) is 24.1 Å². The second-order valence-corrected chi connectivity index (χ2v) is 5.87. The van der Waals surface area contributed by atoms with Crippen molar-refractivity contribution in [2.24, 2.45) is 11.8 Å². The van der Waals surface area contributed by atoms with Gasteiger partial charge in [-0.25, -0.2) is 0 Å². The molecule has 5 nitrogen and oxygen atoms in total. The number of hydrogen-bond acceptors (Lipinski definition) is 4. The number of aliphatic hydroxyl groups excluding tert-OH is 1. The highest BCUT2D eigenvalue weighted by Gasteiger charge is 2.26. The minimum atomic E-state index is -0.527. The average molecular weight is 319 g/mol. The zero-order chi connectivity index (χ0) is 14.7. The molecule has 1 fully saturated rings. The van der Waals surface area contributed by atoms with Gasteiger partial charge in [0.1, 0.15) is 0 Å². The Morgan fingerprint density at radius 2 is 1.90 bits per heavy atom. The van der Waals surface area contributed by atoms with E-state index in [4.69, 9.17) is 23.2 Å². The summed E-state index contributed by atoms with van der Waals surface area (Å²) in [5.74, 6) is 0.681. The van der Waals surface area contributed by atoms with Gasteiger partial charge in [-0.1, -0.05) is 29.6 Å². The highest BCUT2D eigenvalue weighted by molar-refractivity contribution is 6.39. The number of non-ortho nitro benzene ring substituents is 1. The van der Waals surface area contributed by atoms with Crippen LogP contribution in [0.3, 0.4) is 0 Å². The van der Waals surface area contributed by atoms with Gasteiger partial charge in [0.15, 0.2) is 0 Å². The topological polar surface area (TPSA) is 75.4 Å². The molecule has 2 N–H and O–H groups in total. The average Bonchev–Trinajstić information content (AvgIpc) is 2.84. The van der Waals surface area contributed by atoms with Gasteiger partial charge in [-0.2, -0.15) is 0 Å². The second-order valence-electron chi connectivity index (χ2n) is 5.06. The third-order valence-electron chi connectivity index (χ3n) is 3.83. The van der Waals surface area contributed by atoms with E-state index in [2.05, 4.69) is 5.32 Å². The number of aliphatic hydroxyl groups is 1.